The standard InChI is InChI=1S/C21H24N4O4/c1-3-24-20(27)18(16(26)12-23-14(2)17-10-7-11-29-17)19(22)25(21(24)28)13-15-8-5-4-6-9-15/h4-11,14,23H,3,12-13,22H2,1-2H3/p+1/t14-/m1/s1. The molecule has 0 radical (unpaired) electrons. The van der Waals surface area contributed by atoms with E-state index >= 15 is 0 Å². The molecule has 1 aromatic carbocycles. The summed E-state index contributed by atoms with van der Waals surface area (Å²) in [6, 6.07) is 12.8. The third kappa shape index (κ3) is 4.22. The monoisotopic (exact) mass is 397 g/mol. The summed E-state index contributed by atoms with van der Waals surface area (Å²) in [4.78, 5) is 38.4. The second-order valence-electron chi connectivity index (χ2n) is 6.83. The molecule has 0 saturated heterocycles. The number of nitrogens with two attached hydrogens (primary N) is 2. The highest BCUT2D eigenvalue weighted by Gasteiger charge is 2.24. The number of ketones is 1. The van der Waals surface area contributed by atoms with Crippen LogP contribution in [-0.4, -0.2) is 21.5 Å². The van der Waals surface area contributed by atoms with Crippen LogP contribution in [0.15, 0.2) is 62.7 Å². The van der Waals surface area contributed by atoms with Gasteiger partial charge in [-0.1, -0.05) is 30.3 Å². The second kappa shape index (κ2) is 8.74. The van der Waals surface area contributed by atoms with Crippen LogP contribution >= 0.6 is 0 Å². The number of rotatable bonds is 8. The van der Waals surface area contributed by atoms with Gasteiger partial charge >= 0.3 is 5.69 Å². The van der Waals surface area contributed by atoms with Crippen molar-refractivity contribution in [3.63, 3.8) is 0 Å². The highest BCUT2D eigenvalue weighted by atomic mass is 16.3. The molecule has 3 rings (SSSR count). The molecular formula is C21H25N4O4+. The Bertz CT molecular complexity index is 1100. The summed E-state index contributed by atoms with van der Waals surface area (Å²) in [5.74, 6) is 0.207. The number of quaternary nitrogens is 1. The van der Waals surface area contributed by atoms with Crippen molar-refractivity contribution in [2.24, 2.45) is 0 Å². The lowest BCUT2D eigenvalue weighted by atomic mass is 10.1. The van der Waals surface area contributed by atoms with Gasteiger partial charge in [0.1, 0.15) is 24.0 Å². The normalized spacial score (nSPS) is 12.1. The number of hydrogen-bond acceptors (Lipinski definition) is 5. The number of nitrogens with zero attached hydrogens (tertiary/aromatic N) is 2. The Kier molecular flexibility index (Phi) is 6.13. The van der Waals surface area contributed by atoms with Crippen LogP contribution in [0.2, 0.25) is 0 Å². The smallest absolute Gasteiger partial charge is 0.332 e. The van der Waals surface area contributed by atoms with Gasteiger partial charge in [0.05, 0.1) is 12.8 Å². The Labute approximate surface area is 167 Å². The van der Waals surface area contributed by atoms with Crippen molar-refractivity contribution in [3.8, 4) is 0 Å². The minimum atomic E-state index is -0.650. The molecule has 152 valence electrons. The number of aromatic nitrogens is 2. The first kappa shape index (κ1) is 20.3. The maximum absolute atomic E-state index is 12.9. The zero-order valence-electron chi connectivity index (χ0n) is 16.5. The highest BCUT2D eigenvalue weighted by molar-refractivity contribution is 6.00. The van der Waals surface area contributed by atoms with Crippen molar-refractivity contribution in [2.75, 3.05) is 12.3 Å². The molecule has 0 spiro atoms. The van der Waals surface area contributed by atoms with E-state index in [2.05, 4.69) is 0 Å². The minimum Gasteiger partial charge on any atom is -0.463 e. The molecule has 3 aromatic rings. The average molecular weight is 397 g/mol. The second-order valence-corrected chi connectivity index (χ2v) is 6.83. The Morgan fingerprint density at radius 1 is 1.14 bits per heavy atom. The average Bonchev–Trinajstić information content (AvgIpc) is 3.25. The fourth-order valence-corrected chi connectivity index (χ4v) is 3.23. The lowest BCUT2D eigenvalue weighted by Gasteiger charge is -2.16. The molecule has 0 bridgehead atoms. The van der Waals surface area contributed by atoms with Gasteiger partial charge in [0.15, 0.2) is 5.76 Å². The van der Waals surface area contributed by atoms with Crippen molar-refractivity contribution in [3.05, 3.63) is 86.5 Å². The summed E-state index contributed by atoms with van der Waals surface area (Å²) in [5, 5.41) is 1.77. The molecular weight excluding hydrogens is 372 g/mol. The summed E-state index contributed by atoms with van der Waals surface area (Å²) in [6.45, 7) is 3.92. The van der Waals surface area contributed by atoms with Crippen LogP contribution in [0.25, 0.3) is 0 Å². The minimum absolute atomic E-state index is 0.00849. The third-order valence-electron chi connectivity index (χ3n) is 4.90. The Morgan fingerprint density at radius 2 is 1.86 bits per heavy atom. The number of anilines is 1. The number of carbonyl (C=O) groups excluding carboxylic acids is 1. The molecule has 1 atom stereocenters. The van der Waals surface area contributed by atoms with Crippen molar-refractivity contribution in [1.29, 1.82) is 0 Å². The van der Waals surface area contributed by atoms with E-state index in [1.54, 1.807) is 24.6 Å². The predicted octanol–water partition coefficient (Wildman–Crippen LogP) is 0.761. The van der Waals surface area contributed by atoms with Crippen molar-refractivity contribution >= 4 is 11.6 Å². The highest BCUT2D eigenvalue weighted by Crippen LogP contribution is 2.10. The van der Waals surface area contributed by atoms with Gasteiger partial charge in [-0.05, 0) is 31.5 Å². The van der Waals surface area contributed by atoms with Crippen LogP contribution in [0, 0.1) is 0 Å². The van der Waals surface area contributed by atoms with Gasteiger partial charge < -0.3 is 15.5 Å². The molecule has 0 unspecified atom stereocenters. The van der Waals surface area contributed by atoms with E-state index in [1.165, 1.54) is 4.57 Å². The molecule has 8 nitrogen and oxygen atoms in total. The van der Waals surface area contributed by atoms with Gasteiger partial charge in [0.2, 0.25) is 5.78 Å². The zero-order valence-corrected chi connectivity index (χ0v) is 16.5. The predicted molar refractivity (Wildman–Crippen MR) is 109 cm³/mol. The Balaban J connectivity index is 1.95. The van der Waals surface area contributed by atoms with Gasteiger partial charge in [0, 0.05) is 6.54 Å². The van der Waals surface area contributed by atoms with Gasteiger partial charge in [-0.3, -0.25) is 18.7 Å². The lowest BCUT2D eigenvalue weighted by molar-refractivity contribution is -0.683. The van der Waals surface area contributed by atoms with E-state index in [9.17, 15) is 14.4 Å². The molecule has 2 aromatic heterocycles. The largest absolute Gasteiger partial charge is 0.463 e. The third-order valence-corrected chi connectivity index (χ3v) is 4.90. The maximum atomic E-state index is 12.9. The summed E-state index contributed by atoms with van der Waals surface area (Å²) >= 11 is 0. The van der Waals surface area contributed by atoms with Gasteiger partial charge in [-0.15, -0.1) is 0 Å². The Hall–Kier alpha value is -3.39. The fourth-order valence-electron chi connectivity index (χ4n) is 3.23. The van der Waals surface area contributed by atoms with E-state index in [1.807, 2.05) is 43.3 Å². The Morgan fingerprint density at radius 3 is 2.48 bits per heavy atom. The SMILES string of the molecule is CCn1c(=O)c(C(=O)C[NH2+][C@H](C)c2ccco2)c(N)n(Cc2ccccc2)c1=O. The molecule has 0 aliphatic rings. The first-order chi connectivity index (χ1) is 13.9. The van der Waals surface area contributed by atoms with Crippen LogP contribution in [-0.2, 0) is 13.1 Å². The van der Waals surface area contributed by atoms with Crippen LogP contribution in [0.5, 0.6) is 0 Å². The molecule has 0 amide bonds. The molecule has 4 N–H and O–H groups in total. The van der Waals surface area contributed by atoms with Gasteiger partial charge in [-0.25, -0.2) is 4.79 Å². The van der Waals surface area contributed by atoms with Crippen LogP contribution in [0.1, 0.15) is 41.6 Å². The van der Waals surface area contributed by atoms with E-state index in [0.717, 1.165) is 15.9 Å². The van der Waals surface area contributed by atoms with Crippen molar-refractivity contribution in [1.82, 2.24) is 9.13 Å². The molecule has 8 heteroatoms. The molecule has 29 heavy (non-hydrogen) atoms. The van der Waals surface area contributed by atoms with Crippen molar-refractivity contribution in [2.45, 2.75) is 33.0 Å². The topological polar surface area (TPSA) is 117 Å². The molecule has 0 aliphatic carbocycles. The van der Waals surface area contributed by atoms with Crippen LogP contribution in [0.4, 0.5) is 5.82 Å². The van der Waals surface area contributed by atoms with Gasteiger partial charge in [0.25, 0.3) is 5.56 Å². The maximum Gasteiger partial charge on any atom is 0.332 e. The molecule has 2 heterocycles. The number of carbonyl (C=O) groups is 1. The number of benzene rings is 1. The van der Waals surface area contributed by atoms with Crippen LogP contribution in [0.3, 0.4) is 0 Å². The molecule has 0 aliphatic heterocycles. The molecule has 0 saturated carbocycles. The van der Waals surface area contributed by atoms with E-state index in [0.29, 0.717) is 0 Å². The number of hydrogen-bond donors (Lipinski definition) is 2. The molecule has 0 fully saturated rings. The number of Topliss-reactive ketones (excluding diaryl/α,β-unsaturated/α-hetero) is 1. The van der Waals surface area contributed by atoms with E-state index in [-0.39, 0.29) is 37.1 Å². The summed E-state index contributed by atoms with van der Waals surface area (Å²) < 4.78 is 7.67. The van der Waals surface area contributed by atoms with Gasteiger partial charge in [-0.2, -0.15) is 0 Å². The lowest BCUT2D eigenvalue weighted by Crippen LogP contribution is -2.86. The zero-order chi connectivity index (χ0) is 21.0. The summed E-state index contributed by atoms with van der Waals surface area (Å²) in [7, 11) is 0. The summed E-state index contributed by atoms with van der Waals surface area (Å²) in [5.41, 5.74) is 5.68. The number of nitrogen functional groups attached to an aromatic ring is 1. The first-order valence-electron chi connectivity index (χ1n) is 9.51. The number of furan rings is 1. The van der Waals surface area contributed by atoms with Crippen LogP contribution < -0.4 is 22.3 Å². The van der Waals surface area contributed by atoms with E-state index < -0.39 is 17.0 Å². The summed E-state index contributed by atoms with van der Waals surface area (Å²) in [6.07, 6.45) is 1.57. The van der Waals surface area contributed by atoms with Crippen molar-refractivity contribution < 1.29 is 14.5 Å². The fraction of sp³-hybridized carbons (Fsp3) is 0.286. The quantitative estimate of drug-likeness (QED) is 0.544. The first-order valence-corrected chi connectivity index (χ1v) is 9.51. The van der Waals surface area contributed by atoms with E-state index in [4.69, 9.17) is 10.2 Å².